The number of aliphatic imine (C=N–C) groups is 1. The van der Waals surface area contributed by atoms with Gasteiger partial charge in [-0.25, -0.2) is 0 Å². The number of guanidine groups is 1. The molecule has 1 aliphatic heterocycles. The Morgan fingerprint density at radius 2 is 2.05 bits per heavy atom. The molecule has 0 radical (unpaired) electrons. The molecular formula is C15H20ClN3. The number of nitrogens with two attached hydrogens (primary N) is 1. The van der Waals surface area contributed by atoms with Crippen molar-refractivity contribution in [2.75, 3.05) is 11.4 Å². The van der Waals surface area contributed by atoms with Crippen molar-refractivity contribution in [3.05, 3.63) is 29.3 Å². The minimum atomic E-state index is 0.0169. The lowest BCUT2D eigenvalue weighted by molar-refractivity contribution is 0.243. The smallest absolute Gasteiger partial charge is 0.196 e. The van der Waals surface area contributed by atoms with Gasteiger partial charge >= 0.3 is 0 Å². The average molecular weight is 278 g/mol. The van der Waals surface area contributed by atoms with Crippen LogP contribution in [0.2, 0.25) is 5.02 Å². The van der Waals surface area contributed by atoms with E-state index in [1.807, 2.05) is 24.3 Å². The van der Waals surface area contributed by atoms with Crippen LogP contribution in [0, 0.1) is 5.92 Å². The van der Waals surface area contributed by atoms with Crippen LogP contribution >= 0.6 is 11.6 Å². The van der Waals surface area contributed by atoms with Crippen LogP contribution in [0.4, 0.5) is 5.69 Å². The highest BCUT2D eigenvalue weighted by Gasteiger charge is 2.41. The molecule has 3 rings (SSSR count). The SMILES string of the molecule is CC1(CC2CCC2)CN=C(N)N1c1ccc(Cl)cc1. The summed E-state index contributed by atoms with van der Waals surface area (Å²) in [7, 11) is 0. The molecule has 1 heterocycles. The lowest BCUT2D eigenvalue weighted by Crippen LogP contribution is -2.51. The largest absolute Gasteiger partial charge is 0.369 e. The number of halogens is 1. The second-order valence-electron chi connectivity index (χ2n) is 5.98. The molecule has 1 unspecified atom stereocenters. The zero-order valence-corrected chi connectivity index (χ0v) is 12.0. The fourth-order valence-corrected chi connectivity index (χ4v) is 3.30. The first-order chi connectivity index (χ1) is 9.08. The highest BCUT2D eigenvalue weighted by Crippen LogP contribution is 2.39. The van der Waals surface area contributed by atoms with Crippen LogP contribution in [0.3, 0.4) is 0 Å². The van der Waals surface area contributed by atoms with Gasteiger partial charge in [0.1, 0.15) is 0 Å². The van der Waals surface area contributed by atoms with Gasteiger partial charge in [0.05, 0.1) is 12.1 Å². The molecule has 1 aliphatic carbocycles. The first-order valence-electron chi connectivity index (χ1n) is 6.94. The Morgan fingerprint density at radius 1 is 1.37 bits per heavy atom. The van der Waals surface area contributed by atoms with Gasteiger partial charge in [0.2, 0.25) is 0 Å². The van der Waals surface area contributed by atoms with Crippen LogP contribution in [0.5, 0.6) is 0 Å². The lowest BCUT2D eigenvalue weighted by atomic mass is 9.76. The summed E-state index contributed by atoms with van der Waals surface area (Å²) in [6, 6.07) is 7.86. The van der Waals surface area contributed by atoms with E-state index in [1.165, 1.54) is 25.7 Å². The van der Waals surface area contributed by atoms with E-state index in [0.29, 0.717) is 5.96 Å². The molecule has 102 valence electrons. The Morgan fingerprint density at radius 3 is 2.63 bits per heavy atom. The van der Waals surface area contributed by atoms with Crippen molar-refractivity contribution in [3.8, 4) is 0 Å². The maximum atomic E-state index is 6.10. The lowest BCUT2D eigenvalue weighted by Gasteiger charge is -2.41. The third-order valence-corrected chi connectivity index (χ3v) is 4.64. The van der Waals surface area contributed by atoms with Crippen LogP contribution in [-0.2, 0) is 0 Å². The van der Waals surface area contributed by atoms with E-state index in [2.05, 4.69) is 16.8 Å². The molecular weight excluding hydrogens is 258 g/mol. The molecule has 0 spiro atoms. The third-order valence-electron chi connectivity index (χ3n) is 4.39. The van der Waals surface area contributed by atoms with Crippen LogP contribution in [-0.4, -0.2) is 18.0 Å². The van der Waals surface area contributed by atoms with E-state index in [0.717, 1.165) is 23.2 Å². The van der Waals surface area contributed by atoms with Crippen molar-refractivity contribution in [2.45, 2.75) is 38.1 Å². The van der Waals surface area contributed by atoms with Crippen molar-refractivity contribution in [1.29, 1.82) is 0 Å². The first-order valence-corrected chi connectivity index (χ1v) is 7.32. The average Bonchev–Trinajstić information content (AvgIpc) is 2.63. The predicted octanol–water partition coefficient (Wildman–Crippen LogP) is 3.42. The highest BCUT2D eigenvalue weighted by molar-refractivity contribution is 6.30. The summed E-state index contributed by atoms with van der Waals surface area (Å²) in [5.74, 6) is 1.46. The maximum Gasteiger partial charge on any atom is 0.196 e. The molecule has 0 aromatic heterocycles. The van der Waals surface area contributed by atoms with Crippen LogP contribution in [0.25, 0.3) is 0 Å². The number of rotatable bonds is 3. The van der Waals surface area contributed by atoms with Crippen molar-refractivity contribution in [1.82, 2.24) is 0 Å². The van der Waals surface area contributed by atoms with Gasteiger partial charge in [-0.3, -0.25) is 4.99 Å². The summed E-state index contributed by atoms with van der Waals surface area (Å²) >= 11 is 5.96. The van der Waals surface area contributed by atoms with E-state index in [9.17, 15) is 0 Å². The Kier molecular flexibility index (Phi) is 3.17. The topological polar surface area (TPSA) is 41.6 Å². The molecule has 3 nitrogen and oxygen atoms in total. The normalized spacial score (nSPS) is 27.3. The fraction of sp³-hybridized carbons (Fsp3) is 0.533. The van der Waals surface area contributed by atoms with Crippen molar-refractivity contribution >= 4 is 23.2 Å². The standard InChI is InChI=1S/C15H20ClN3/c1-15(9-11-3-2-4-11)10-18-14(17)19(15)13-7-5-12(16)6-8-13/h5-8,11H,2-4,9-10H2,1H3,(H2,17,18). The third kappa shape index (κ3) is 2.32. The van der Waals surface area contributed by atoms with Gasteiger partial charge in [0.15, 0.2) is 5.96 Å². The molecule has 0 amide bonds. The van der Waals surface area contributed by atoms with Crippen molar-refractivity contribution in [3.63, 3.8) is 0 Å². The van der Waals surface area contributed by atoms with Gasteiger partial charge in [-0.2, -0.15) is 0 Å². The van der Waals surface area contributed by atoms with Crippen molar-refractivity contribution in [2.24, 2.45) is 16.6 Å². The van der Waals surface area contributed by atoms with Crippen LogP contribution in [0.1, 0.15) is 32.6 Å². The van der Waals surface area contributed by atoms with Crippen LogP contribution < -0.4 is 10.6 Å². The Balaban J connectivity index is 1.86. The molecule has 1 atom stereocenters. The maximum absolute atomic E-state index is 6.10. The van der Waals surface area contributed by atoms with E-state index < -0.39 is 0 Å². The molecule has 1 fully saturated rings. The van der Waals surface area contributed by atoms with E-state index in [1.54, 1.807) is 0 Å². The summed E-state index contributed by atoms with van der Waals surface area (Å²) in [4.78, 5) is 6.65. The molecule has 0 bridgehead atoms. The van der Waals surface area contributed by atoms with Gasteiger partial charge in [-0.1, -0.05) is 30.9 Å². The summed E-state index contributed by atoms with van der Waals surface area (Å²) in [5, 5.41) is 0.749. The number of anilines is 1. The zero-order chi connectivity index (χ0) is 13.5. The second-order valence-corrected chi connectivity index (χ2v) is 6.42. The van der Waals surface area contributed by atoms with Gasteiger partial charge < -0.3 is 10.6 Å². The van der Waals surface area contributed by atoms with Crippen LogP contribution in [0.15, 0.2) is 29.3 Å². The number of benzene rings is 1. The van der Waals surface area contributed by atoms with E-state index >= 15 is 0 Å². The number of nitrogens with zero attached hydrogens (tertiary/aromatic N) is 2. The molecule has 0 saturated heterocycles. The predicted molar refractivity (Wildman–Crippen MR) is 80.8 cm³/mol. The van der Waals surface area contributed by atoms with E-state index in [4.69, 9.17) is 17.3 Å². The first kappa shape index (κ1) is 12.8. The summed E-state index contributed by atoms with van der Waals surface area (Å²) < 4.78 is 0. The van der Waals surface area contributed by atoms with Crippen molar-refractivity contribution < 1.29 is 0 Å². The number of hydrogen-bond donors (Lipinski definition) is 1. The van der Waals surface area contributed by atoms with Gasteiger partial charge in [-0.15, -0.1) is 0 Å². The second kappa shape index (κ2) is 4.71. The summed E-state index contributed by atoms with van der Waals surface area (Å²) in [6.07, 6.45) is 5.24. The Bertz CT molecular complexity index is 493. The van der Waals surface area contributed by atoms with E-state index in [-0.39, 0.29) is 5.54 Å². The zero-order valence-electron chi connectivity index (χ0n) is 11.3. The Hall–Kier alpha value is -1.22. The Labute approximate surface area is 119 Å². The molecule has 1 saturated carbocycles. The molecule has 2 aliphatic rings. The number of hydrogen-bond acceptors (Lipinski definition) is 3. The highest BCUT2D eigenvalue weighted by atomic mass is 35.5. The van der Waals surface area contributed by atoms with Gasteiger partial charge in [0.25, 0.3) is 0 Å². The summed E-state index contributed by atoms with van der Waals surface area (Å²) in [5.41, 5.74) is 7.21. The minimum Gasteiger partial charge on any atom is -0.369 e. The molecule has 2 N–H and O–H groups in total. The monoisotopic (exact) mass is 277 g/mol. The molecule has 4 heteroatoms. The molecule has 1 aromatic rings. The fourth-order valence-electron chi connectivity index (χ4n) is 3.18. The summed E-state index contributed by atoms with van der Waals surface area (Å²) in [6.45, 7) is 3.06. The minimum absolute atomic E-state index is 0.0169. The quantitative estimate of drug-likeness (QED) is 0.920. The van der Waals surface area contributed by atoms with Gasteiger partial charge in [0, 0.05) is 10.7 Å². The van der Waals surface area contributed by atoms with Gasteiger partial charge in [-0.05, 0) is 43.5 Å². The molecule has 19 heavy (non-hydrogen) atoms. The molecule has 1 aromatic carbocycles.